The van der Waals surface area contributed by atoms with E-state index in [1.54, 1.807) is 0 Å². The van der Waals surface area contributed by atoms with Gasteiger partial charge in [-0.05, 0) is 18.4 Å². The summed E-state index contributed by atoms with van der Waals surface area (Å²) in [5.41, 5.74) is 7.92. The molecule has 0 radical (unpaired) electrons. The van der Waals surface area contributed by atoms with E-state index in [-0.39, 0.29) is 29.7 Å². The molecule has 2 amide bonds. The second kappa shape index (κ2) is 8.11. The van der Waals surface area contributed by atoms with Gasteiger partial charge >= 0.3 is 0 Å². The minimum Gasteiger partial charge on any atom is -0.354 e. The summed E-state index contributed by atoms with van der Waals surface area (Å²) in [6.07, 6.45) is 0. The van der Waals surface area contributed by atoms with Crippen LogP contribution in [0.3, 0.4) is 0 Å². The fourth-order valence-electron chi connectivity index (χ4n) is 2.14. The first kappa shape index (κ1) is 19.2. The average Bonchev–Trinajstić information content (AvgIpc) is 2.49. The van der Waals surface area contributed by atoms with E-state index >= 15 is 0 Å². The van der Waals surface area contributed by atoms with Crippen molar-refractivity contribution in [1.29, 1.82) is 0 Å². The molecule has 0 saturated carbocycles. The molecule has 5 heteroatoms. The average molecular weight is 319 g/mol. The van der Waals surface area contributed by atoms with Gasteiger partial charge in [0, 0.05) is 12.0 Å². The van der Waals surface area contributed by atoms with Crippen LogP contribution in [-0.2, 0) is 15.0 Å². The lowest BCUT2D eigenvalue weighted by Gasteiger charge is -2.26. The number of nitrogens with two attached hydrogens (primary N) is 1. The maximum atomic E-state index is 11.9. The molecular formula is C18H29N3O2. The van der Waals surface area contributed by atoms with Crippen molar-refractivity contribution in [1.82, 2.24) is 10.6 Å². The van der Waals surface area contributed by atoms with Crippen LogP contribution in [-0.4, -0.2) is 30.9 Å². The summed E-state index contributed by atoms with van der Waals surface area (Å²) in [5, 5.41) is 5.44. The van der Waals surface area contributed by atoms with Crippen LogP contribution in [0.15, 0.2) is 24.3 Å². The van der Waals surface area contributed by atoms with Crippen LogP contribution in [0.4, 0.5) is 0 Å². The van der Waals surface area contributed by atoms with E-state index in [0.717, 1.165) is 0 Å². The van der Waals surface area contributed by atoms with Crippen LogP contribution in [0.5, 0.6) is 0 Å². The van der Waals surface area contributed by atoms with Gasteiger partial charge < -0.3 is 16.4 Å². The van der Waals surface area contributed by atoms with Gasteiger partial charge in [-0.25, -0.2) is 0 Å². The predicted molar refractivity (Wildman–Crippen MR) is 93.0 cm³/mol. The molecule has 0 aliphatic rings. The van der Waals surface area contributed by atoms with Crippen LogP contribution >= 0.6 is 0 Å². The van der Waals surface area contributed by atoms with E-state index in [0.29, 0.717) is 6.54 Å². The topological polar surface area (TPSA) is 84.2 Å². The van der Waals surface area contributed by atoms with E-state index in [4.69, 9.17) is 5.73 Å². The zero-order valence-electron chi connectivity index (χ0n) is 14.8. The van der Waals surface area contributed by atoms with Crippen molar-refractivity contribution in [2.75, 3.05) is 13.1 Å². The first-order valence-corrected chi connectivity index (χ1v) is 8.00. The van der Waals surface area contributed by atoms with Crippen molar-refractivity contribution >= 4 is 11.8 Å². The molecule has 0 heterocycles. The largest absolute Gasteiger partial charge is 0.354 e. The van der Waals surface area contributed by atoms with Gasteiger partial charge in [-0.3, -0.25) is 9.59 Å². The molecule has 4 N–H and O–H groups in total. The Kier molecular flexibility index (Phi) is 6.76. The van der Waals surface area contributed by atoms with Gasteiger partial charge in [-0.15, -0.1) is 0 Å². The highest BCUT2D eigenvalue weighted by atomic mass is 16.2. The Morgan fingerprint density at radius 2 is 1.87 bits per heavy atom. The zero-order chi connectivity index (χ0) is 17.6. The Balaban J connectivity index is 2.48. The normalized spacial score (nSPS) is 12.8. The third-order valence-electron chi connectivity index (χ3n) is 3.97. The van der Waals surface area contributed by atoms with E-state index in [9.17, 15) is 9.59 Å². The van der Waals surface area contributed by atoms with Gasteiger partial charge in [-0.2, -0.15) is 0 Å². The number of aryl methyl sites for hydroxylation is 1. The third-order valence-corrected chi connectivity index (χ3v) is 3.97. The summed E-state index contributed by atoms with van der Waals surface area (Å²) in [7, 11) is 0. The molecule has 0 spiro atoms. The number of benzene rings is 1. The predicted octanol–water partition coefficient (Wildman–Crippen LogP) is 1.49. The standard InChI is InChI=1S/C18H29N3O2/c1-12(2)16(19)17(23)20-10-15(22)21-11-18(4,5)14-8-6-7-13(3)9-14/h6-9,12,16H,10-11,19H2,1-5H3,(H,20,23)(H,21,22)/t16-/m0/s1. The number of carbonyl (C=O) groups excluding carboxylic acids is 2. The Hall–Kier alpha value is -1.88. The van der Waals surface area contributed by atoms with Gasteiger partial charge in [0.25, 0.3) is 0 Å². The quantitative estimate of drug-likeness (QED) is 0.712. The number of hydrogen-bond acceptors (Lipinski definition) is 3. The molecule has 128 valence electrons. The molecule has 0 bridgehead atoms. The number of rotatable bonds is 7. The maximum Gasteiger partial charge on any atom is 0.239 e. The van der Waals surface area contributed by atoms with Crippen LogP contribution < -0.4 is 16.4 Å². The molecule has 0 aliphatic carbocycles. The SMILES string of the molecule is Cc1cccc(C(C)(C)CNC(=O)CNC(=O)[C@@H](N)C(C)C)c1. The molecule has 0 fully saturated rings. The minimum absolute atomic E-state index is 0.0401. The highest BCUT2D eigenvalue weighted by Gasteiger charge is 2.22. The summed E-state index contributed by atoms with van der Waals surface area (Å²) in [4.78, 5) is 23.7. The van der Waals surface area contributed by atoms with Gasteiger partial charge in [0.15, 0.2) is 0 Å². The molecule has 0 aromatic heterocycles. The number of nitrogens with one attached hydrogen (secondary N) is 2. The Morgan fingerprint density at radius 3 is 2.43 bits per heavy atom. The minimum atomic E-state index is -0.591. The summed E-state index contributed by atoms with van der Waals surface area (Å²) in [5.74, 6) is -0.471. The lowest BCUT2D eigenvalue weighted by Crippen LogP contribution is -2.48. The van der Waals surface area contributed by atoms with Crippen LogP contribution in [0, 0.1) is 12.8 Å². The van der Waals surface area contributed by atoms with Crippen molar-refractivity contribution < 1.29 is 9.59 Å². The summed E-state index contributed by atoms with van der Waals surface area (Å²) >= 11 is 0. The third kappa shape index (κ3) is 6.02. The molecule has 0 saturated heterocycles. The molecule has 0 unspecified atom stereocenters. The smallest absolute Gasteiger partial charge is 0.239 e. The van der Waals surface area contributed by atoms with Crippen LogP contribution in [0.25, 0.3) is 0 Å². The summed E-state index contributed by atoms with van der Waals surface area (Å²) < 4.78 is 0. The Labute approximate surface area is 139 Å². The van der Waals surface area contributed by atoms with Gasteiger partial charge in [0.2, 0.25) is 11.8 Å². The van der Waals surface area contributed by atoms with Crippen LogP contribution in [0.2, 0.25) is 0 Å². The zero-order valence-corrected chi connectivity index (χ0v) is 14.8. The van der Waals surface area contributed by atoms with E-state index in [2.05, 4.69) is 36.6 Å². The lowest BCUT2D eigenvalue weighted by molar-refractivity contribution is -0.127. The lowest BCUT2D eigenvalue weighted by atomic mass is 9.84. The number of amides is 2. The van der Waals surface area contributed by atoms with E-state index in [1.807, 2.05) is 32.9 Å². The van der Waals surface area contributed by atoms with Crippen LogP contribution in [0.1, 0.15) is 38.8 Å². The molecular weight excluding hydrogens is 290 g/mol. The van der Waals surface area contributed by atoms with Crippen molar-refractivity contribution in [2.24, 2.45) is 11.7 Å². The van der Waals surface area contributed by atoms with E-state index in [1.165, 1.54) is 11.1 Å². The number of hydrogen-bond donors (Lipinski definition) is 3. The van der Waals surface area contributed by atoms with Gasteiger partial charge in [-0.1, -0.05) is 57.5 Å². The second-order valence-corrected chi connectivity index (χ2v) is 7.02. The van der Waals surface area contributed by atoms with Crippen molar-refractivity contribution in [3.8, 4) is 0 Å². The monoisotopic (exact) mass is 319 g/mol. The molecule has 0 aliphatic heterocycles. The molecule has 1 aromatic rings. The highest BCUT2D eigenvalue weighted by molar-refractivity contribution is 5.87. The van der Waals surface area contributed by atoms with Gasteiger partial charge in [0.1, 0.15) is 0 Å². The fourth-order valence-corrected chi connectivity index (χ4v) is 2.14. The van der Waals surface area contributed by atoms with Gasteiger partial charge in [0.05, 0.1) is 12.6 Å². The maximum absolute atomic E-state index is 11.9. The second-order valence-electron chi connectivity index (χ2n) is 7.02. The molecule has 1 atom stereocenters. The number of carbonyl (C=O) groups is 2. The first-order chi connectivity index (χ1) is 10.6. The molecule has 23 heavy (non-hydrogen) atoms. The van der Waals surface area contributed by atoms with Crippen molar-refractivity contribution in [2.45, 2.75) is 46.1 Å². The Morgan fingerprint density at radius 1 is 1.22 bits per heavy atom. The Bertz CT molecular complexity index is 553. The van der Waals surface area contributed by atoms with Crippen molar-refractivity contribution in [3.05, 3.63) is 35.4 Å². The fraction of sp³-hybridized carbons (Fsp3) is 0.556. The first-order valence-electron chi connectivity index (χ1n) is 8.00. The molecule has 1 rings (SSSR count). The molecule has 1 aromatic carbocycles. The van der Waals surface area contributed by atoms with E-state index < -0.39 is 6.04 Å². The highest BCUT2D eigenvalue weighted by Crippen LogP contribution is 2.22. The molecule has 5 nitrogen and oxygen atoms in total. The summed E-state index contributed by atoms with van der Waals surface area (Å²) in [6, 6.07) is 7.65. The summed E-state index contributed by atoms with van der Waals surface area (Å²) in [6.45, 7) is 10.4. The van der Waals surface area contributed by atoms with Crippen molar-refractivity contribution in [3.63, 3.8) is 0 Å².